The molecule has 0 amide bonds. The molecule has 0 aliphatic carbocycles. The topological polar surface area (TPSA) is 52.4 Å². The molecule has 3 aromatic rings. The number of nitro benzene ring substituents is 1. The molecule has 0 aromatic heterocycles. The smallest absolute Gasteiger partial charge is 0.269 e. The van der Waals surface area contributed by atoms with Crippen molar-refractivity contribution in [2.24, 2.45) is 0 Å². The van der Waals surface area contributed by atoms with Crippen LogP contribution in [-0.2, 0) is 6.42 Å². The first kappa shape index (κ1) is 14.1. The third-order valence-electron chi connectivity index (χ3n) is 3.75. The van der Waals surface area contributed by atoms with Crippen molar-refractivity contribution in [2.45, 2.75) is 6.42 Å². The maximum atomic E-state index is 10.7. The van der Waals surface area contributed by atoms with Crippen molar-refractivity contribution in [1.82, 2.24) is 0 Å². The maximum absolute atomic E-state index is 10.7. The highest BCUT2D eigenvalue weighted by atomic mass is 16.6. The molecular formula is C18H15NO3. The number of hydrogen-bond donors (Lipinski definition) is 0. The predicted octanol–water partition coefficient (Wildman–Crippen LogP) is 4.35. The van der Waals surface area contributed by atoms with Crippen LogP contribution in [-0.4, -0.2) is 12.0 Å². The fourth-order valence-electron chi connectivity index (χ4n) is 2.63. The molecule has 110 valence electrons. The molecule has 22 heavy (non-hydrogen) atoms. The molecule has 0 radical (unpaired) electrons. The van der Waals surface area contributed by atoms with E-state index in [4.69, 9.17) is 4.74 Å². The van der Waals surface area contributed by atoms with Crippen LogP contribution in [0.5, 0.6) is 5.75 Å². The van der Waals surface area contributed by atoms with E-state index in [1.807, 2.05) is 24.3 Å². The number of non-ortho nitro benzene ring substituents is 1. The highest BCUT2D eigenvalue weighted by Crippen LogP contribution is 2.30. The fourth-order valence-corrected chi connectivity index (χ4v) is 2.63. The van der Waals surface area contributed by atoms with Gasteiger partial charge in [-0.15, -0.1) is 0 Å². The van der Waals surface area contributed by atoms with Gasteiger partial charge in [0.1, 0.15) is 5.75 Å². The van der Waals surface area contributed by atoms with Crippen LogP contribution in [0.1, 0.15) is 11.1 Å². The van der Waals surface area contributed by atoms with Gasteiger partial charge in [0.15, 0.2) is 0 Å². The number of hydrogen-bond acceptors (Lipinski definition) is 3. The molecule has 0 atom stereocenters. The van der Waals surface area contributed by atoms with Crippen LogP contribution in [0.2, 0.25) is 0 Å². The number of fused-ring (bicyclic) bond motifs is 1. The van der Waals surface area contributed by atoms with Crippen molar-refractivity contribution in [2.75, 3.05) is 7.11 Å². The molecule has 3 rings (SSSR count). The molecule has 0 fully saturated rings. The lowest BCUT2D eigenvalue weighted by Crippen LogP contribution is -1.96. The minimum Gasteiger partial charge on any atom is -0.496 e. The Hall–Kier alpha value is -2.88. The van der Waals surface area contributed by atoms with Gasteiger partial charge < -0.3 is 4.74 Å². The first-order chi connectivity index (χ1) is 10.7. The van der Waals surface area contributed by atoms with Crippen molar-refractivity contribution >= 4 is 16.5 Å². The van der Waals surface area contributed by atoms with E-state index in [1.165, 1.54) is 12.1 Å². The van der Waals surface area contributed by atoms with E-state index < -0.39 is 0 Å². The second-order valence-electron chi connectivity index (χ2n) is 5.07. The highest BCUT2D eigenvalue weighted by molar-refractivity contribution is 5.88. The zero-order valence-electron chi connectivity index (χ0n) is 12.2. The number of methoxy groups -OCH3 is 1. The Morgan fingerprint density at radius 2 is 1.73 bits per heavy atom. The molecule has 0 bridgehead atoms. The first-order valence-electron chi connectivity index (χ1n) is 6.97. The Morgan fingerprint density at radius 1 is 1.00 bits per heavy atom. The van der Waals surface area contributed by atoms with Gasteiger partial charge in [-0.25, -0.2) is 0 Å². The van der Waals surface area contributed by atoms with Crippen LogP contribution in [0.15, 0.2) is 60.7 Å². The Morgan fingerprint density at radius 3 is 2.41 bits per heavy atom. The number of nitro groups is 1. The van der Waals surface area contributed by atoms with E-state index in [9.17, 15) is 10.1 Å². The highest BCUT2D eigenvalue weighted by Gasteiger charge is 2.10. The lowest BCUT2D eigenvalue weighted by atomic mass is 9.97. The summed E-state index contributed by atoms with van der Waals surface area (Å²) in [7, 11) is 1.66. The first-order valence-corrected chi connectivity index (χ1v) is 6.97. The van der Waals surface area contributed by atoms with Crippen LogP contribution in [0.3, 0.4) is 0 Å². The summed E-state index contributed by atoms with van der Waals surface area (Å²) >= 11 is 0. The van der Waals surface area contributed by atoms with E-state index in [2.05, 4.69) is 12.1 Å². The van der Waals surface area contributed by atoms with Crippen molar-refractivity contribution in [3.8, 4) is 5.75 Å². The largest absolute Gasteiger partial charge is 0.496 e. The van der Waals surface area contributed by atoms with E-state index in [0.717, 1.165) is 27.6 Å². The predicted molar refractivity (Wildman–Crippen MR) is 86.4 cm³/mol. The summed E-state index contributed by atoms with van der Waals surface area (Å²) in [4.78, 5) is 10.3. The van der Waals surface area contributed by atoms with Gasteiger partial charge >= 0.3 is 0 Å². The molecule has 0 saturated carbocycles. The van der Waals surface area contributed by atoms with Gasteiger partial charge in [-0.2, -0.15) is 0 Å². The lowest BCUT2D eigenvalue weighted by Gasteiger charge is -2.12. The summed E-state index contributed by atoms with van der Waals surface area (Å²) in [5.74, 6) is 0.831. The molecule has 0 unspecified atom stereocenters. The van der Waals surface area contributed by atoms with E-state index >= 15 is 0 Å². The average molecular weight is 293 g/mol. The minimum absolute atomic E-state index is 0.105. The van der Waals surface area contributed by atoms with Crippen LogP contribution in [0, 0.1) is 10.1 Å². The zero-order valence-corrected chi connectivity index (χ0v) is 12.2. The number of rotatable bonds is 4. The SMILES string of the molecule is COc1ccc2ccccc2c1Cc1ccc([N+](=O)[O-])cc1. The summed E-state index contributed by atoms with van der Waals surface area (Å²) in [6.45, 7) is 0. The summed E-state index contributed by atoms with van der Waals surface area (Å²) in [5.41, 5.74) is 2.21. The zero-order chi connectivity index (χ0) is 15.5. The summed E-state index contributed by atoms with van der Waals surface area (Å²) in [6.07, 6.45) is 0.669. The van der Waals surface area contributed by atoms with Crippen molar-refractivity contribution in [3.05, 3.63) is 81.9 Å². The normalized spacial score (nSPS) is 10.6. The van der Waals surface area contributed by atoms with Gasteiger partial charge in [-0.3, -0.25) is 10.1 Å². The molecule has 0 aliphatic rings. The van der Waals surface area contributed by atoms with Gasteiger partial charge in [0.05, 0.1) is 12.0 Å². The Labute approximate surface area is 128 Å². The van der Waals surface area contributed by atoms with E-state index in [1.54, 1.807) is 19.2 Å². The quantitative estimate of drug-likeness (QED) is 0.531. The van der Waals surface area contributed by atoms with Crippen molar-refractivity contribution < 1.29 is 9.66 Å². The maximum Gasteiger partial charge on any atom is 0.269 e. The Bertz CT molecular complexity index is 825. The summed E-state index contributed by atoms with van der Waals surface area (Å²) < 4.78 is 5.48. The second kappa shape index (κ2) is 5.85. The van der Waals surface area contributed by atoms with Crippen LogP contribution < -0.4 is 4.74 Å². The Kier molecular flexibility index (Phi) is 3.74. The summed E-state index contributed by atoms with van der Waals surface area (Å²) in [6, 6.07) is 18.8. The van der Waals surface area contributed by atoms with Crippen LogP contribution >= 0.6 is 0 Å². The van der Waals surface area contributed by atoms with Gasteiger partial charge in [-0.1, -0.05) is 42.5 Å². The lowest BCUT2D eigenvalue weighted by molar-refractivity contribution is -0.384. The molecule has 0 aliphatic heterocycles. The molecule has 0 saturated heterocycles. The van der Waals surface area contributed by atoms with Crippen molar-refractivity contribution in [3.63, 3.8) is 0 Å². The van der Waals surface area contributed by atoms with E-state index in [-0.39, 0.29) is 10.6 Å². The third-order valence-corrected chi connectivity index (χ3v) is 3.75. The fraction of sp³-hybridized carbons (Fsp3) is 0.111. The monoisotopic (exact) mass is 293 g/mol. The molecule has 4 nitrogen and oxygen atoms in total. The molecule has 3 aromatic carbocycles. The third kappa shape index (κ3) is 2.63. The minimum atomic E-state index is -0.387. The van der Waals surface area contributed by atoms with Gasteiger partial charge in [-0.05, 0) is 22.4 Å². The number of ether oxygens (including phenoxy) is 1. The molecule has 0 heterocycles. The Balaban J connectivity index is 2.03. The van der Waals surface area contributed by atoms with Crippen LogP contribution in [0.4, 0.5) is 5.69 Å². The average Bonchev–Trinajstić information content (AvgIpc) is 2.55. The number of nitrogens with zero attached hydrogens (tertiary/aromatic N) is 1. The standard InChI is InChI=1S/C18H15NO3/c1-22-18-11-8-14-4-2-3-5-16(14)17(18)12-13-6-9-15(10-7-13)19(20)21/h2-11H,12H2,1H3. The van der Waals surface area contributed by atoms with Gasteiger partial charge in [0.2, 0.25) is 0 Å². The molecule has 4 heteroatoms. The van der Waals surface area contributed by atoms with Crippen LogP contribution in [0.25, 0.3) is 10.8 Å². The van der Waals surface area contributed by atoms with Gasteiger partial charge in [0, 0.05) is 24.1 Å². The summed E-state index contributed by atoms with van der Waals surface area (Å²) in [5, 5.41) is 13.0. The molecule has 0 N–H and O–H groups in total. The molecule has 0 spiro atoms. The number of benzene rings is 3. The molecular weight excluding hydrogens is 278 g/mol. The second-order valence-corrected chi connectivity index (χ2v) is 5.07. The van der Waals surface area contributed by atoms with E-state index in [0.29, 0.717) is 6.42 Å². The van der Waals surface area contributed by atoms with Crippen molar-refractivity contribution in [1.29, 1.82) is 0 Å². The van der Waals surface area contributed by atoms with Gasteiger partial charge in [0.25, 0.3) is 5.69 Å².